The number of nitrogens with zero attached hydrogens (tertiary/aromatic N) is 10. The molecule has 208 valence electrons. The third-order valence-corrected chi connectivity index (χ3v) is 5.62. The van der Waals surface area contributed by atoms with Crippen molar-refractivity contribution >= 4 is 16.9 Å². The summed E-state index contributed by atoms with van der Waals surface area (Å²) < 4.78 is 17.5. The van der Waals surface area contributed by atoms with Crippen LogP contribution in [0.2, 0.25) is 0 Å². The summed E-state index contributed by atoms with van der Waals surface area (Å²) in [6.07, 6.45) is 6.92. The molecule has 0 unspecified atom stereocenters. The maximum Gasteiger partial charge on any atom is 0.357 e. The number of fused-ring (bicyclic) bond motifs is 1. The lowest BCUT2D eigenvalue weighted by Gasteiger charge is -2.14. The van der Waals surface area contributed by atoms with Gasteiger partial charge >= 0.3 is 5.97 Å². The molecule has 1 aromatic carbocycles. The number of esters is 1. The highest BCUT2D eigenvalue weighted by Gasteiger charge is 2.17. The normalized spacial score (nSPS) is 10.2. The molecule has 0 atom stereocenters. The molecule has 39 heavy (non-hydrogen) atoms. The topological polar surface area (TPSA) is 204 Å². The number of aromatic nitrogens is 1. The predicted molar refractivity (Wildman–Crippen MR) is 147 cm³/mol. The zero-order valence-electron chi connectivity index (χ0n) is 22.0. The highest BCUT2D eigenvalue weighted by atomic mass is 16.5. The molecular weight excluding hydrogens is 504 g/mol. The van der Waals surface area contributed by atoms with Gasteiger partial charge in [0.25, 0.3) is 0 Å². The van der Waals surface area contributed by atoms with Crippen molar-refractivity contribution in [3.63, 3.8) is 0 Å². The molecule has 1 heterocycles. The van der Waals surface area contributed by atoms with E-state index < -0.39 is 5.97 Å². The summed E-state index contributed by atoms with van der Waals surface area (Å²) in [6.45, 7) is 2.41. The van der Waals surface area contributed by atoms with Crippen LogP contribution in [0.3, 0.4) is 0 Å². The van der Waals surface area contributed by atoms with Gasteiger partial charge in [0.2, 0.25) is 0 Å². The monoisotopic (exact) mass is 538 g/mol. The Morgan fingerprint density at radius 2 is 1.26 bits per heavy atom. The molecule has 1 aromatic heterocycles. The van der Waals surface area contributed by atoms with E-state index in [0.29, 0.717) is 56.3 Å². The minimum absolute atomic E-state index is 0.125. The Kier molecular flexibility index (Phi) is 15.6. The number of azide groups is 3. The summed E-state index contributed by atoms with van der Waals surface area (Å²) in [5.74, 6) is 0.490. The van der Waals surface area contributed by atoms with Crippen molar-refractivity contribution in [2.45, 2.75) is 57.8 Å². The first-order chi connectivity index (χ1) is 19.2. The third kappa shape index (κ3) is 12.1. The number of para-hydroxylation sites is 1. The quantitative estimate of drug-likeness (QED) is 0.0516. The second-order valence-corrected chi connectivity index (χ2v) is 8.54. The molecule has 0 aliphatic heterocycles. The van der Waals surface area contributed by atoms with E-state index in [1.165, 1.54) is 0 Å². The Bertz CT molecular complexity index is 1190. The summed E-state index contributed by atoms with van der Waals surface area (Å²) in [6, 6.07) is 7.10. The number of carbonyl (C=O) groups excluding carboxylic acids is 1. The summed E-state index contributed by atoms with van der Waals surface area (Å²) in [4.78, 5) is 25.6. The van der Waals surface area contributed by atoms with Crippen LogP contribution < -0.4 is 9.47 Å². The van der Waals surface area contributed by atoms with E-state index in [0.717, 1.165) is 56.8 Å². The van der Waals surface area contributed by atoms with Crippen LogP contribution in [-0.2, 0) is 4.74 Å². The number of hydrogen-bond acceptors (Lipinski definition) is 8. The van der Waals surface area contributed by atoms with Crippen molar-refractivity contribution in [2.75, 3.05) is 39.5 Å². The molecule has 0 amide bonds. The third-order valence-electron chi connectivity index (χ3n) is 5.62. The molecular formula is C25H34N10O4. The van der Waals surface area contributed by atoms with Crippen LogP contribution in [0.1, 0.15) is 68.3 Å². The standard InChI is InChI=1S/C25H34N10O4/c26-33-29-13-4-1-7-16-37-22-12-10-11-20-23(38-17-8-2-5-14-30-34-27)19-21(32-24(20)22)25(36)39-18-9-3-6-15-31-35-28/h10-12,19H,1-9,13-18H2. The van der Waals surface area contributed by atoms with Gasteiger partial charge in [-0.15, -0.1) is 0 Å². The zero-order valence-corrected chi connectivity index (χ0v) is 22.0. The van der Waals surface area contributed by atoms with Crippen LogP contribution in [0, 0.1) is 0 Å². The highest BCUT2D eigenvalue weighted by Crippen LogP contribution is 2.32. The number of unbranched alkanes of at least 4 members (excludes halogenated alkanes) is 6. The minimum atomic E-state index is -0.556. The lowest BCUT2D eigenvalue weighted by molar-refractivity contribution is 0.0491. The van der Waals surface area contributed by atoms with E-state index in [4.69, 9.17) is 30.8 Å². The number of pyridine rings is 1. The van der Waals surface area contributed by atoms with Crippen molar-refractivity contribution in [2.24, 2.45) is 15.3 Å². The van der Waals surface area contributed by atoms with Crippen molar-refractivity contribution < 1.29 is 19.0 Å². The van der Waals surface area contributed by atoms with Crippen molar-refractivity contribution in [1.29, 1.82) is 0 Å². The van der Waals surface area contributed by atoms with Crippen LogP contribution in [0.15, 0.2) is 39.6 Å². The lowest BCUT2D eigenvalue weighted by Crippen LogP contribution is -2.10. The van der Waals surface area contributed by atoms with Crippen LogP contribution >= 0.6 is 0 Å². The largest absolute Gasteiger partial charge is 0.493 e. The summed E-state index contributed by atoms with van der Waals surface area (Å²) in [5.41, 5.74) is 25.7. The molecule has 0 saturated heterocycles. The molecule has 0 N–H and O–H groups in total. The highest BCUT2D eigenvalue weighted by molar-refractivity contribution is 5.96. The Morgan fingerprint density at radius 3 is 1.82 bits per heavy atom. The van der Waals surface area contributed by atoms with Gasteiger partial charge in [0.05, 0.1) is 19.8 Å². The van der Waals surface area contributed by atoms with E-state index in [2.05, 4.69) is 35.1 Å². The minimum Gasteiger partial charge on any atom is -0.493 e. The maximum atomic E-state index is 12.8. The van der Waals surface area contributed by atoms with Crippen LogP contribution in [0.5, 0.6) is 11.5 Å². The van der Waals surface area contributed by atoms with Crippen LogP contribution in [0.4, 0.5) is 0 Å². The smallest absolute Gasteiger partial charge is 0.357 e. The second-order valence-electron chi connectivity index (χ2n) is 8.54. The van der Waals surface area contributed by atoms with Gasteiger partial charge in [-0.3, -0.25) is 0 Å². The molecule has 2 aromatic rings. The van der Waals surface area contributed by atoms with E-state index in [1.807, 2.05) is 12.1 Å². The van der Waals surface area contributed by atoms with Gasteiger partial charge < -0.3 is 14.2 Å². The molecule has 0 fully saturated rings. The Hall–Kier alpha value is -4.37. The summed E-state index contributed by atoms with van der Waals surface area (Å²) >= 11 is 0. The molecule has 0 radical (unpaired) electrons. The Morgan fingerprint density at radius 1 is 0.718 bits per heavy atom. The fraction of sp³-hybridized carbons (Fsp3) is 0.600. The van der Waals surface area contributed by atoms with Crippen LogP contribution in [0.25, 0.3) is 42.2 Å². The Balaban J connectivity index is 2.10. The van der Waals surface area contributed by atoms with Gasteiger partial charge in [0.1, 0.15) is 17.0 Å². The second kappa shape index (κ2) is 19.7. The molecule has 2 rings (SSSR count). The number of hydrogen-bond donors (Lipinski definition) is 0. The first-order valence-electron chi connectivity index (χ1n) is 13.1. The maximum absolute atomic E-state index is 12.8. The van der Waals surface area contributed by atoms with Crippen molar-refractivity contribution in [1.82, 2.24) is 4.98 Å². The van der Waals surface area contributed by atoms with Gasteiger partial charge in [-0.25, -0.2) is 9.78 Å². The number of benzene rings is 1. The average Bonchev–Trinajstić information content (AvgIpc) is 2.95. The number of carbonyl (C=O) groups is 1. The molecule has 14 heteroatoms. The zero-order chi connectivity index (χ0) is 28.0. The van der Waals surface area contributed by atoms with Crippen LogP contribution in [-0.4, -0.2) is 50.4 Å². The Labute approximate surface area is 226 Å². The molecule has 0 bridgehead atoms. The van der Waals surface area contributed by atoms with Crippen molar-refractivity contribution in [3.05, 3.63) is 61.3 Å². The van der Waals surface area contributed by atoms with Gasteiger partial charge in [0.15, 0.2) is 5.69 Å². The summed E-state index contributed by atoms with van der Waals surface area (Å²) in [7, 11) is 0. The summed E-state index contributed by atoms with van der Waals surface area (Å²) in [5, 5.41) is 11.3. The molecule has 0 aliphatic rings. The molecule has 14 nitrogen and oxygen atoms in total. The van der Waals surface area contributed by atoms with E-state index >= 15 is 0 Å². The predicted octanol–water partition coefficient (Wildman–Crippen LogP) is 7.59. The first-order valence-corrected chi connectivity index (χ1v) is 13.1. The first kappa shape index (κ1) is 30.9. The van der Waals surface area contributed by atoms with E-state index in [1.54, 1.807) is 12.1 Å². The van der Waals surface area contributed by atoms with Gasteiger partial charge in [-0.1, -0.05) is 21.4 Å². The molecule has 0 saturated carbocycles. The molecule has 0 spiro atoms. The number of rotatable bonds is 21. The fourth-order valence-corrected chi connectivity index (χ4v) is 3.65. The molecule has 0 aliphatic carbocycles. The SMILES string of the molecule is [N-]=[N+]=NCCCCCOC(=O)c1cc(OCCCCCN=[N+]=[N-])c2cccc(OCCCCCN=[N+]=[N-])c2n1. The van der Waals surface area contributed by atoms with Gasteiger partial charge in [-0.2, -0.15) is 0 Å². The average molecular weight is 539 g/mol. The fourth-order valence-electron chi connectivity index (χ4n) is 3.65. The van der Waals surface area contributed by atoms with E-state index in [9.17, 15) is 4.79 Å². The number of ether oxygens (including phenoxy) is 3. The van der Waals surface area contributed by atoms with E-state index in [-0.39, 0.29) is 12.3 Å². The lowest BCUT2D eigenvalue weighted by atomic mass is 10.1. The van der Waals surface area contributed by atoms with Gasteiger partial charge in [-0.05, 0) is 86.5 Å². The van der Waals surface area contributed by atoms with Crippen molar-refractivity contribution in [3.8, 4) is 11.5 Å². The van der Waals surface area contributed by atoms with Gasteiger partial charge in [0, 0.05) is 45.8 Å².